The van der Waals surface area contributed by atoms with E-state index in [1.807, 2.05) is 4.90 Å². The molecule has 1 aliphatic heterocycles. The van der Waals surface area contributed by atoms with Crippen molar-refractivity contribution in [1.29, 1.82) is 0 Å². The first-order valence-corrected chi connectivity index (χ1v) is 8.35. The summed E-state index contributed by atoms with van der Waals surface area (Å²) in [5, 5.41) is 0. The van der Waals surface area contributed by atoms with Gasteiger partial charge in [0, 0.05) is 31.4 Å². The van der Waals surface area contributed by atoms with Crippen LogP contribution in [0.15, 0.2) is 45.7 Å². The minimum atomic E-state index is -0.122. The number of piperidine rings is 1. The molecule has 1 amide bonds. The molecule has 0 radical (unpaired) electrons. The lowest BCUT2D eigenvalue weighted by Gasteiger charge is -2.38. The molecule has 0 spiro atoms. The molecule has 1 fully saturated rings. The summed E-state index contributed by atoms with van der Waals surface area (Å²) in [6.45, 7) is 3.61. The van der Waals surface area contributed by atoms with Crippen molar-refractivity contribution >= 4 is 5.91 Å². The van der Waals surface area contributed by atoms with Crippen LogP contribution in [0.2, 0.25) is 0 Å². The molecule has 0 aliphatic carbocycles. The molecule has 6 nitrogen and oxygen atoms in total. The van der Waals surface area contributed by atoms with Gasteiger partial charge in [0.1, 0.15) is 5.76 Å². The summed E-state index contributed by atoms with van der Waals surface area (Å²) in [5.41, 5.74) is 5.76. The van der Waals surface area contributed by atoms with E-state index < -0.39 is 0 Å². The van der Waals surface area contributed by atoms with Gasteiger partial charge in [-0.3, -0.25) is 9.59 Å². The Bertz CT molecular complexity index is 765. The lowest BCUT2D eigenvalue weighted by Crippen LogP contribution is -2.51. The highest BCUT2D eigenvalue weighted by Gasteiger charge is 2.32. The van der Waals surface area contributed by atoms with Crippen molar-refractivity contribution in [3.05, 3.63) is 58.4 Å². The van der Waals surface area contributed by atoms with Gasteiger partial charge in [-0.15, -0.1) is 0 Å². The third-order valence-electron chi connectivity index (χ3n) is 4.72. The first kappa shape index (κ1) is 16.5. The van der Waals surface area contributed by atoms with Gasteiger partial charge in [0.2, 0.25) is 0 Å². The Labute approximate surface area is 140 Å². The van der Waals surface area contributed by atoms with Gasteiger partial charge in [0.15, 0.2) is 5.76 Å². The molecular weight excluding hydrogens is 306 g/mol. The van der Waals surface area contributed by atoms with Crippen molar-refractivity contribution in [2.45, 2.75) is 32.4 Å². The Morgan fingerprint density at radius 3 is 2.92 bits per heavy atom. The minimum Gasteiger partial charge on any atom is -0.454 e. The molecule has 3 heterocycles. The van der Waals surface area contributed by atoms with Crippen LogP contribution in [0.5, 0.6) is 0 Å². The fourth-order valence-electron chi connectivity index (χ4n) is 3.34. The maximum absolute atomic E-state index is 12.8. The van der Waals surface area contributed by atoms with Crippen LogP contribution in [-0.2, 0) is 6.54 Å². The van der Waals surface area contributed by atoms with Crippen molar-refractivity contribution in [3.8, 4) is 0 Å². The molecule has 0 bridgehead atoms. The molecule has 0 saturated carbocycles. The van der Waals surface area contributed by atoms with Crippen LogP contribution in [0.25, 0.3) is 0 Å². The zero-order valence-electron chi connectivity index (χ0n) is 13.9. The van der Waals surface area contributed by atoms with Gasteiger partial charge in [-0.2, -0.15) is 0 Å². The highest BCUT2D eigenvalue weighted by molar-refractivity contribution is 5.91. The summed E-state index contributed by atoms with van der Waals surface area (Å²) >= 11 is 0. The predicted molar refractivity (Wildman–Crippen MR) is 90.8 cm³/mol. The average Bonchev–Trinajstić information content (AvgIpc) is 3.04. The number of pyridine rings is 1. The topological polar surface area (TPSA) is 81.5 Å². The summed E-state index contributed by atoms with van der Waals surface area (Å²) < 4.78 is 7.23. The number of nitrogens with zero attached hydrogens (tertiary/aromatic N) is 2. The maximum Gasteiger partial charge on any atom is 0.289 e. The second kappa shape index (κ2) is 7.05. The van der Waals surface area contributed by atoms with Crippen molar-refractivity contribution in [1.82, 2.24) is 9.47 Å². The second-order valence-electron chi connectivity index (χ2n) is 6.35. The van der Waals surface area contributed by atoms with E-state index in [1.165, 1.54) is 6.07 Å². The summed E-state index contributed by atoms with van der Waals surface area (Å²) in [4.78, 5) is 26.3. The van der Waals surface area contributed by atoms with Crippen LogP contribution >= 0.6 is 0 Å². The van der Waals surface area contributed by atoms with Crippen molar-refractivity contribution < 1.29 is 9.21 Å². The molecular formula is C18H23N3O3. The van der Waals surface area contributed by atoms with Gasteiger partial charge < -0.3 is 19.6 Å². The number of carbonyl (C=O) groups is 1. The van der Waals surface area contributed by atoms with Crippen LogP contribution in [0.3, 0.4) is 0 Å². The van der Waals surface area contributed by atoms with Gasteiger partial charge >= 0.3 is 0 Å². The number of rotatable bonds is 4. The Kier molecular flexibility index (Phi) is 4.85. The number of amides is 1. The third-order valence-corrected chi connectivity index (χ3v) is 4.72. The number of carbonyl (C=O) groups excluding carboxylic acids is 1. The molecule has 1 aliphatic rings. The second-order valence-corrected chi connectivity index (χ2v) is 6.35. The highest BCUT2D eigenvalue weighted by atomic mass is 16.4. The fourth-order valence-corrected chi connectivity index (χ4v) is 3.34. The zero-order valence-corrected chi connectivity index (χ0v) is 13.9. The van der Waals surface area contributed by atoms with E-state index in [2.05, 4.69) is 6.92 Å². The number of hydrogen-bond acceptors (Lipinski definition) is 4. The molecule has 2 aromatic rings. The lowest BCUT2D eigenvalue weighted by atomic mass is 9.90. The first-order chi connectivity index (χ1) is 11.6. The van der Waals surface area contributed by atoms with Crippen molar-refractivity contribution in [3.63, 3.8) is 0 Å². The largest absolute Gasteiger partial charge is 0.454 e. The molecule has 2 N–H and O–H groups in total. The quantitative estimate of drug-likeness (QED) is 0.925. The highest BCUT2D eigenvalue weighted by Crippen LogP contribution is 2.25. The van der Waals surface area contributed by atoms with Crippen LogP contribution in [0.1, 0.15) is 36.1 Å². The van der Waals surface area contributed by atoms with Gasteiger partial charge in [0.25, 0.3) is 11.5 Å². The molecule has 0 aromatic carbocycles. The van der Waals surface area contributed by atoms with Crippen LogP contribution < -0.4 is 11.3 Å². The van der Waals surface area contributed by atoms with Gasteiger partial charge in [0.05, 0.1) is 6.54 Å². The molecule has 2 aromatic heterocycles. The maximum atomic E-state index is 12.8. The fraction of sp³-hybridized carbons (Fsp3) is 0.444. The SMILES string of the molecule is C[C@H]1CCCN(C(=O)c2ccc(Cn3ccccc3=O)o2)[C@H]1CN. The van der Waals surface area contributed by atoms with E-state index in [-0.39, 0.29) is 17.5 Å². The number of aromatic nitrogens is 1. The zero-order chi connectivity index (χ0) is 17.1. The summed E-state index contributed by atoms with van der Waals surface area (Å²) in [6.07, 6.45) is 3.77. The Hall–Kier alpha value is -2.34. The van der Waals surface area contributed by atoms with E-state index in [0.717, 1.165) is 12.8 Å². The van der Waals surface area contributed by atoms with Gasteiger partial charge in [-0.25, -0.2) is 0 Å². The van der Waals surface area contributed by atoms with Crippen LogP contribution in [0.4, 0.5) is 0 Å². The van der Waals surface area contributed by atoms with E-state index in [0.29, 0.717) is 37.1 Å². The number of nitrogens with two attached hydrogens (primary N) is 1. The van der Waals surface area contributed by atoms with Crippen molar-refractivity contribution in [2.24, 2.45) is 11.7 Å². The monoisotopic (exact) mass is 329 g/mol. The molecule has 128 valence electrons. The Morgan fingerprint density at radius 1 is 1.33 bits per heavy atom. The van der Waals surface area contributed by atoms with E-state index >= 15 is 0 Å². The van der Waals surface area contributed by atoms with E-state index in [1.54, 1.807) is 35.0 Å². The minimum absolute atomic E-state index is 0.0524. The molecule has 2 atom stereocenters. The third kappa shape index (κ3) is 3.28. The van der Waals surface area contributed by atoms with E-state index in [4.69, 9.17) is 10.2 Å². The molecule has 3 rings (SSSR count). The van der Waals surface area contributed by atoms with Gasteiger partial charge in [-0.05, 0) is 37.0 Å². The van der Waals surface area contributed by atoms with E-state index in [9.17, 15) is 9.59 Å². The van der Waals surface area contributed by atoms with Gasteiger partial charge in [-0.1, -0.05) is 13.0 Å². The Morgan fingerprint density at radius 2 is 2.17 bits per heavy atom. The van der Waals surface area contributed by atoms with Crippen LogP contribution in [0, 0.1) is 5.92 Å². The average molecular weight is 329 g/mol. The number of hydrogen-bond donors (Lipinski definition) is 1. The normalized spacial score (nSPS) is 21.0. The molecule has 0 unspecified atom stereocenters. The summed E-state index contributed by atoms with van der Waals surface area (Å²) in [7, 11) is 0. The number of furan rings is 1. The predicted octanol–water partition coefficient (Wildman–Crippen LogP) is 1.69. The summed E-state index contributed by atoms with van der Waals surface area (Å²) in [5.74, 6) is 1.16. The standard InChI is InChI=1S/C18H23N3O3/c1-13-5-4-10-21(15(13)11-19)18(23)16-8-7-14(24-16)12-20-9-3-2-6-17(20)22/h2-3,6-9,13,15H,4-5,10-12,19H2,1H3/t13-,15-/m0/s1. The number of likely N-dealkylation sites (tertiary alicyclic amines) is 1. The van der Waals surface area contributed by atoms with Crippen molar-refractivity contribution in [2.75, 3.05) is 13.1 Å². The Balaban J connectivity index is 1.76. The lowest BCUT2D eigenvalue weighted by molar-refractivity contribution is 0.0499. The molecule has 6 heteroatoms. The summed E-state index contributed by atoms with van der Waals surface area (Å²) in [6, 6.07) is 8.46. The van der Waals surface area contributed by atoms with Crippen LogP contribution in [-0.4, -0.2) is 34.5 Å². The molecule has 24 heavy (non-hydrogen) atoms. The molecule has 1 saturated heterocycles. The smallest absolute Gasteiger partial charge is 0.289 e. The first-order valence-electron chi connectivity index (χ1n) is 8.35.